The first-order valence-electron chi connectivity index (χ1n) is 11.4. The van der Waals surface area contributed by atoms with Crippen molar-refractivity contribution in [3.05, 3.63) is 12.2 Å². The fraction of sp³-hybridized carbons (Fsp3) is 0.792. The van der Waals surface area contributed by atoms with Crippen LogP contribution in [-0.2, 0) is 23.9 Å². The zero-order valence-corrected chi connectivity index (χ0v) is 19.1. The van der Waals surface area contributed by atoms with E-state index in [2.05, 4.69) is 12.2 Å². The lowest BCUT2D eigenvalue weighted by molar-refractivity contribution is -0.159. The van der Waals surface area contributed by atoms with Crippen molar-refractivity contribution in [3.63, 3.8) is 0 Å². The van der Waals surface area contributed by atoms with Crippen molar-refractivity contribution >= 4 is 17.8 Å². The van der Waals surface area contributed by atoms with Crippen LogP contribution >= 0.6 is 0 Å². The minimum Gasteiger partial charge on any atom is -0.460 e. The first-order chi connectivity index (χ1) is 14.0. The summed E-state index contributed by atoms with van der Waals surface area (Å²) in [6.07, 6.45) is 8.41. The minimum absolute atomic E-state index is 0.0143. The number of hydrogen-bond acceptors (Lipinski definition) is 5. The van der Waals surface area contributed by atoms with Crippen molar-refractivity contribution in [2.45, 2.75) is 84.3 Å². The van der Waals surface area contributed by atoms with Gasteiger partial charge >= 0.3 is 5.97 Å². The van der Waals surface area contributed by atoms with Crippen LogP contribution < -0.4 is 0 Å². The predicted molar refractivity (Wildman–Crippen MR) is 113 cm³/mol. The van der Waals surface area contributed by atoms with Crippen LogP contribution in [0.1, 0.15) is 73.1 Å². The fourth-order valence-corrected chi connectivity index (χ4v) is 4.91. The molecule has 0 spiro atoms. The molecule has 2 bridgehead atoms. The molecule has 0 N–H and O–H groups in total. The number of ether oxygens (including phenoxy) is 2. The molecule has 2 fully saturated rings. The molecule has 0 aromatic heterocycles. The number of carbonyl (C=O) groups is 3. The maximum absolute atomic E-state index is 12.7. The Balaban J connectivity index is 1.31. The lowest BCUT2D eigenvalue weighted by Gasteiger charge is -2.27. The number of imide groups is 1. The molecule has 0 radical (unpaired) electrons. The van der Waals surface area contributed by atoms with Gasteiger partial charge in [0.25, 0.3) is 0 Å². The van der Waals surface area contributed by atoms with Crippen molar-refractivity contribution in [3.8, 4) is 0 Å². The molecule has 2 unspecified atom stereocenters. The average Bonchev–Trinajstić information content (AvgIpc) is 3.28. The number of esters is 1. The molecule has 1 saturated carbocycles. The molecule has 3 rings (SSSR count). The third-order valence-electron chi connectivity index (χ3n) is 6.45. The van der Waals surface area contributed by atoms with Gasteiger partial charge in [0, 0.05) is 19.4 Å². The van der Waals surface area contributed by atoms with Crippen LogP contribution in [0.2, 0.25) is 0 Å². The zero-order chi connectivity index (χ0) is 22.1. The first-order valence-corrected chi connectivity index (χ1v) is 11.4. The summed E-state index contributed by atoms with van der Waals surface area (Å²) in [5, 5.41) is 0. The van der Waals surface area contributed by atoms with E-state index in [4.69, 9.17) is 9.47 Å². The second-order valence-electron chi connectivity index (χ2n) is 10.6. The highest BCUT2D eigenvalue weighted by Gasteiger charge is 2.58. The summed E-state index contributed by atoms with van der Waals surface area (Å²) in [5.74, 6) is 0.0999. The van der Waals surface area contributed by atoms with E-state index < -0.39 is 5.60 Å². The SMILES string of the molecule is CC(C)(C)OCCC(C)(C)OC(=O)CCCCCN1C(=O)[C@@H]2C3C=CC(C3)[C@@H]2C1=O. The van der Waals surface area contributed by atoms with E-state index in [-0.39, 0.29) is 47.1 Å². The smallest absolute Gasteiger partial charge is 0.306 e. The summed E-state index contributed by atoms with van der Waals surface area (Å²) in [6.45, 7) is 10.8. The fourth-order valence-electron chi connectivity index (χ4n) is 4.91. The van der Waals surface area contributed by atoms with Gasteiger partial charge in [-0.1, -0.05) is 18.6 Å². The van der Waals surface area contributed by atoms with Crippen molar-refractivity contribution in [1.82, 2.24) is 4.90 Å². The molecule has 1 aliphatic heterocycles. The maximum atomic E-state index is 12.7. The van der Waals surface area contributed by atoms with Gasteiger partial charge in [0.15, 0.2) is 0 Å². The predicted octanol–water partition coefficient (Wildman–Crippen LogP) is 3.88. The summed E-state index contributed by atoms with van der Waals surface area (Å²) in [7, 11) is 0. The van der Waals surface area contributed by atoms with Gasteiger partial charge < -0.3 is 9.47 Å². The molecule has 0 aromatic rings. The molecular weight excluding hydrogens is 382 g/mol. The summed E-state index contributed by atoms with van der Waals surface area (Å²) in [6, 6.07) is 0. The van der Waals surface area contributed by atoms with E-state index in [1.165, 1.54) is 4.90 Å². The maximum Gasteiger partial charge on any atom is 0.306 e. The van der Waals surface area contributed by atoms with Crippen LogP contribution in [0, 0.1) is 23.7 Å². The van der Waals surface area contributed by atoms with Crippen LogP contribution in [0.25, 0.3) is 0 Å². The second kappa shape index (κ2) is 8.81. The summed E-state index contributed by atoms with van der Waals surface area (Å²) < 4.78 is 11.3. The quantitative estimate of drug-likeness (QED) is 0.233. The van der Waals surface area contributed by atoms with Crippen LogP contribution in [0.5, 0.6) is 0 Å². The van der Waals surface area contributed by atoms with Gasteiger partial charge in [-0.15, -0.1) is 0 Å². The number of carbonyl (C=O) groups excluding carboxylic acids is 3. The van der Waals surface area contributed by atoms with E-state index in [1.807, 2.05) is 34.6 Å². The molecule has 1 heterocycles. The van der Waals surface area contributed by atoms with E-state index in [9.17, 15) is 14.4 Å². The molecule has 0 aromatic carbocycles. The molecule has 168 valence electrons. The van der Waals surface area contributed by atoms with Gasteiger partial charge in [-0.25, -0.2) is 0 Å². The molecule has 1 saturated heterocycles. The molecule has 4 atom stereocenters. The zero-order valence-electron chi connectivity index (χ0n) is 19.1. The molecule has 6 nitrogen and oxygen atoms in total. The van der Waals surface area contributed by atoms with Crippen LogP contribution in [0.4, 0.5) is 0 Å². The lowest BCUT2D eigenvalue weighted by atomic mass is 9.85. The molecule has 2 amide bonds. The Hall–Kier alpha value is -1.69. The van der Waals surface area contributed by atoms with Crippen LogP contribution in [0.3, 0.4) is 0 Å². The minimum atomic E-state index is -0.554. The molecule has 6 heteroatoms. The van der Waals surface area contributed by atoms with Crippen molar-refractivity contribution in [2.75, 3.05) is 13.2 Å². The summed E-state index contributed by atoms with van der Waals surface area (Å²) >= 11 is 0. The lowest BCUT2D eigenvalue weighted by Crippen LogP contribution is -2.33. The highest BCUT2D eigenvalue weighted by molar-refractivity contribution is 6.06. The number of fused-ring (bicyclic) bond motifs is 5. The number of hydrogen-bond donors (Lipinski definition) is 0. The number of amides is 2. The van der Waals surface area contributed by atoms with Gasteiger partial charge in [0.2, 0.25) is 11.8 Å². The molecular formula is C24H37NO5. The Morgan fingerprint density at radius 2 is 1.60 bits per heavy atom. The first kappa shape index (κ1) is 23.0. The molecule has 30 heavy (non-hydrogen) atoms. The Morgan fingerprint density at radius 1 is 1.00 bits per heavy atom. The van der Waals surface area contributed by atoms with E-state index >= 15 is 0 Å². The number of nitrogens with zero attached hydrogens (tertiary/aromatic N) is 1. The third-order valence-corrected chi connectivity index (χ3v) is 6.45. The van der Waals surface area contributed by atoms with Crippen molar-refractivity contribution in [2.24, 2.45) is 23.7 Å². The average molecular weight is 420 g/mol. The summed E-state index contributed by atoms with van der Waals surface area (Å²) in [5.41, 5.74) is -0.755. The highest BCUT2D eigenvalue weighted by Crippen LogP contribution is 2.52. The normalized spacial score (nSPS) is 27.8. The van der Waals surface area contributed by atoms with Gasteiger partial charge in [-0.2, -0.15) is 0 Å². The number of unbranched alkanes of at least 4 members (excludes halogenated alkanes) is 2. The number of allylic oxidation sites excluding steroid dienone is 2. The van der Waals surface area contributed by atoms with Gasteiger partial charge in [-0.3, -0.25) is 19.3 Å². The van der Waals surface area contributed by atoms with Crippen LogP contribution in [-0.4, -0.2) is 47.0 Å². The van der Waals surface area contributed by atoms with Crippen molar-refractivity contribution < 1.29 is 23.9 Å². The molecule has 3 aliphatic rings. The Bertz CT molecular complexity index is 675. The standard InChI is InChI=1S/C24H37NO5/c1-23(2,3)29-14-12-24(4,5)30-18(26)9-7-6-8-13-25-21(27)19-16-10-11-17(15-16)20(19)22(25)28/h10-11,16-17,19-20H,6-9,12-15H2,1-5H3/t16?,17?,19-,20+. The van der Waals surface area contributed by atoms with E-state index in [1.54, 1.807) is 0 Å². The van der Waals surface area contributed by atoms with E-state index in [0.29, 0.717) is 32.4 Å². The molecule has 2 aliphatic carbocycles. The highest BCUT2D eigenvalue weighted by atomic mass is 16.6. The number of likely N-dealkylation sites (tertiary alicyclic amines) is 1. The number of rotatable bonds is 10. The second-order valence-corrected chi connectivity index (χ2v) is 10.6. The van der Waals surface area contributed by atoms with Crippen LogP contribution in [0.15, 0.2) is 12.2 Å². The Kier molecular flexibility index (Phi) is 6.75. The van der Waals surface area contributed by atoms with Gasteiger partial charge in [0.1, 0.15) is 5.60 Å². The van der Waals surface area contributed by atoms with Gasteiger partial charge in [0.05, 0.1) is 24.0 Å². The van der Waals surface area contributed by atoms with E-state index in [0.717, 1.165) is 19.3 Å². The van der Waals surface area contributed by atoms with Crippen molar-refractivity contribution in [1.29, 1.82) is 0 Å². The largest absolute Gasteiger partial charge is 0.460 e. The third kappa shape index (κ3) is 5.32. The Labute approximate surface area is 180 Å². The Morgan fingerprint density at radius 3 is 2.17 bits per heavy atom. The van der Waals surface area contributed by atoms with Gasteiger partial charge in [-0.05, 0) is 65.7 Å². The summed E-state index contributed by atoms with van der Waals surface area (Å²) in [4.78, 5) is 38.9. The topological polar surface area (TPSA) is 72.9 Å². The monoisotopic (exact) mass is 419 g/mol.